The fourth-order valence-electron chi connectivity index (χ4n) is 6.09. The second-order valence-electron chi connectivity index (χ2n) is 15.0. The van der Waals surface area contributed by atoms with Gasteiger partial charge in [-0.3, -0.25) is 14.4 Å². The lowest BCUT2D eigenvalue weighted by Gasteiger charge is -2.18. The molecule has 312 valence electrons. The van der Waals surface area contributed by atoms with Gasteiger partial charge in [0.25, 0.3) is 0 Å². The van der Waals surface area contributed by atoms with Crippen molar-refractivity contribution in [2.24, 2.45) is 0 Å². The van der Waals surface area contributed by atoms with Crippen molar-refractivity contribution in [3.63, 3.8) is 0 Å². The van der Waals surface area contributed by atoms with Gasteiger partial charge in [0.2, 0.25) is 0 Å². The van der Waals surface area contributed by atoms with Crippen molar-refractivity contribution in [1.82, 2.24) is 0 Å². The maximum Gasteiger partial charge on any atom is 0.306 e. The lowest BCUT2D eigenvalue weighted by molar-refractivity contribution is -0.167. The Bertz CT molecular complexity index is 902. The summed E-state index contributed by atoms with van der Waals surface area (Å²) in [7, 11) is 0. The number of rotatable bonds is 40. The third kappa shape index (κ3) is 40.6. The normalized spacial score (nSPS) is 11.9. The Morgan fingerprint density at radius 3 is 1.06 bits per heavy atom. The van der Waals surface area contributed by atoms with Gasteiger partial charge in [0.15, 0.2) is 6.10 Å². The minimum atomic E-state index is -0.778. The minimum Gasteiger partial charge on any atom is -0.462 e. The van der Waals surface area contributed by atoms with Crippen molar-refractivity contribution in [2.75, 3.05) is 13.2 Å². The molecule has 0 saturated carbocycles. The summed E-state index contributed by atoms with van der Waals surface area (Å²) in [4.78, 5) is 37.5. The van der Waals surface area contributed by atoms with Crippen LogP contribution in [-0.2, 0) is 28.6 Å². The zero-order valence-corrected chi connectivity index (χ0v) is 35.5. The molecule has 0 saturated heterocycles. The predicted octanol–water partition coefficient (Wildman–Crippen LogP) is 14.4. The maximum atomic E-state index is 12.6. The summed E-state index contributed by atoms with van der Waals surface area (Å²) in [6.45, 7) is 6.49. The smallest absolute Gasteiger partial charge is 0.306 e. The van der Waals surface area contributed by atoms with E-state index in [0.29, 0.717) is 19.3 Å². The molecule has 0 aromatic rings. The quantitative estimate of drug-likeness (QED) is 0.0204. The van der Waals surface area contributed by atoms with Crippen LogP contribution in [0.4, 0.5) is 0 Å². The summed E-state index contributed by atoms with van der Waals surface area (Å²) in [5, 5.41) is 0. The Balaban J connectivity index is 4.28. The first-order valence-corrected chi connectivity index (χ1v) is 22.6. The molecule has 54 heavy (non-hydrogen) atoms. The van der Waals surface area contributed by atoms with E-state index in [1.54, 1.807) is 0 Å². The highest BCUT2D eigenvalue weighted by atomic mass is 16.7. The van der Waals surface area contributed by atoms with Crippen molar-refractivity contribution in [3.05, 3.63) is 48.6 Å². The Kier molecular flexibility index (Phi) is 41.0. The largest absolute Gasteiger partial charge is 0.462 e. The number of esters is 3. The molecule has 0 aliphatic carbocycles. The highest BCUT2D eigenvalue weighted by Gasteiger charge is 2.19. The lowest BCUT2D eigenvalue weighted by atomic mass is 10.1. The van der Waals surface area contributed by atoms with Crippen LogP contribution in [0.15, 0.2) is 48.6 Å². The van der Waals surface area contributed by atoms with E-state index < -0.39 is 6.10 Å². The van der Waals surface area contributed by atoms with Crippen LogP contribution < -0.4 is 0 Å². The summed E-state index contributed by atoms with van der Waals surface area (Å²) in [6, 6.07) is 0. The predicted molar refractivity (Wildman–Crippen MR) is 229 cm³/mol. The number of ether oxygens (including phenoxy) is 3. The molecular formula is C48H84O6. The van der Waals surface area contributed by atoms with Gasteiger partial charge in [0.05, 0.1) is 0 Å². The number of allylic oxidation sites excluding steroid dienone is 8. The van der Waals surface area contributed by atoms with Crippen LogP contribution in [0.25, 0.3) is 0 Å². The second kappa shape index (κ2) is 43.1. The second-order valence-corrected chi connectivity index (χ2v) is 15.0. The van der Waals surface area contributed by atoms with Gasteiger partial charge in [-0.25, -0.2) is 0 Å². The molecule has 0 rings (SSSR count). The molecule has 6 heteroatoms. The first kappa shape index (κ1) is 51.4. The van der Waals surface area contributed by atoms with Crippen LogP contribution in [0.3, 0.4) is 0 Å². The molecule has 0 atom stereocenters. The molecule has 6 nitrogen and oxygen atoms in total. The van der Waals surface area contributed by atoms with Gasteiger partial charge in [-0.05, 0) is 83.5 Å². The van der Waals surface area contributed by atoms with Gasteiger partial charge in [-0.15, -0.1) is 0 Å². The van der Waals surface area contributed by atoms with Gasteiger partial charge in [-0.1, -0.05) is 166 Å². The van der Waals surface area contributed by atoms with Crippen LogP contribution in [0, 0.1) is 0 Å². The average molecular weight is 758 g/mol. The van der Waals surface area contributed by atoms with Gasteiger partial charge >= 0.3 is 17.9 Å². The number of carbonyl (C=O) groups excluding carboxylic acids is 3. The molecule has 0 aliphatic rings. The summed E-state index contributed by atoms with van der Waals surface area (Å²) in [5.74, 6) is -0.923. The highest BCUT2D eigenvalue weighted by molar-refractivity contribution is 5.71. The van der Waals surface area contributed by atoms with E-state index in [4.69, 9.17) is 14.2 Å². The number of hydrogen-bond donors (Lipinski definition) is 0. The maximum absolute atomic E-state index is 12.6. The fraction of sp³-hybridized carbons (Fsp3) is 0.771. The molecule has 0 radical (unpaired) electrons. The molecule has 0 unspecified atom stereocenters. The summed E-state index contributed by atoms with van der Waals surface area (Å²) >= 11 is 0. The Morgan fingerprint density at radius 1 is 0.370 bits per heavy atom. The molecule has 0 fully saturated rings. The van der Waals surface area contributed by atoms with Crippen LogP contribution >= 0.6 is 0 Å². The SMILES string of the molecule is CCCCC/C=C\C/C=C\CCCCCCCC(=O)OCC(COC(=O)CCCCCCC/C=C\C/C=C\CCCCC)O[13C](=O)CCCCCCCC. The van der Waals surface area contributed by atoms with Crippen molar-refractivity contribution in [1.29, 1.82) is 0 Å². The Labute approximate surface area is 333 Å². The van der Waals surface area contributed by atoms with Crippen LogP contribution in [0.1, 0.15) is 220 Å². The van der Waals surface area contributed by atoms with Gasteiger partial charge in [0.1, 0.15) is 13.2 Å². The molecule has 0 heterocycles. The van der Waals surface area contributed by atoms with Gasteiger partial charge in [0, 0.05) is 19.3 Å². The first-order valence-electron chi connectivity index (χ1n) is 22.6. The summed E-state index contributed by atoms with van der Waals surface area (Å²) < 4.78 is 16.6. The minimum absolute atomic E-state index is 0.0850. The topological polar surface area (TPSA) is 78.9 Å². The summed E-state index contributed by atoms with van der Waals surface area (Å²) in [5.41, 5.74) is 0. The standard InChI is InChI=1S/C48H84O6/c1-4-7-10-13-16-18-20-22-24-26-28-30-32-35-37-40-46(49)52-43-45(54-48(51)42-39-34-15-12-9-6-3)44-53-47(50)41-38-36-33-31-29-27-25-23-21-19-17-14-11-8-5-2/h16-19,22-25,45H,4-15,20-21,26-44H2,1-3H3/b18-16-,19-17-,24-22-,25-23-/i48+1. The fourth-order valence-corrected chi connectivity index (χ4v) is 6.09. The third-order valence-electron chi connectivity index (χ3n) is 9.56. The highest BCUT2D eigenvalue weighted by Crippen LogP contribution is 2.13. The van der Waals surface area contributed by atoms with E-state index in [1.807, 2.05) is 0 Å². The van der Waals surface area contributed by atoms with Crippen LogP contribution in [-0.4, -0.2) is 37.2 Å². The van der Waals surface area contributed by atoms with Gasteiger partial charge in [-0.2, -0.15) is 0 Å². The molecule has 0 aromatic heterocycles. The molecule has 0 amide bonds. The van der Waals surface area contributed by atoms with E-state index >= 15 is 0 Å². The number of hydrogen-bond acceptors (Lipinski definition) is 6. The molecular weight excluding hydrogens is 674 g/mol. The molecule has 0 spiro atoms. The molecule has 0 aromatic carbocycles. The molecule has 0 aliphatic heterocycles. The average Bonchev–Trinajstić information content (AvgIpc) is 3.17. The van der Waals surface area contributed by atoms with E-state index in [1.165, 1.54) is 83.5 Å². The van der Waals surface area contributed by atoms with Gasteiger partial charge < -0.3 is 14.2 Å². The number of carbonyl (C=O) groups is 3. The molecule has 0 N–H and O–H groups in total. The van der Waals surface area contributed by atoms with E-state index in [-0.39, 0.29) is 31.1 Å². The summed E-state index contributed by atoms with van der Waals surface area (Å²) in [6.07, 6.45) is 49.6. The Morgan fingerprint density at radius 2 is 0.667 bits per heavy atom. The zero-order valence-electron chi connectivity index (χ0n) is 35.5. The van der Waals surface area contributed by atoms with E-state index in [0.717, 1.165) is 96.3 Å². The van der Waals surface area contributed by atoms with Crippen molar-refractivity contribution in [3.8, 4) is 0 Å². The lowest BCUT2D eigenvalue weighted by Crippen LogP contribution is -2.30. The third-order valence-corrected chi connectivity index (χ3v) is 9.56. The molecule has 0 bridgehead atoms. The Hall–Kier alpha value is -2.63. The monoisotopic (exact) mass is 758 g/mol. The first-order chi connectivity index (χ1) is 26.5. The zero-order chi connectivity index (χ0) is 39.4. The van der Waals surface area contributed by atoms with Crippen molar-refractivity contribution in [2.45, 2.75) is 226 Å². The van der Waals surface area contributed by atoms with E-state index in [9.17, 15) is 14.4 Å². The van der Waals surface area contributed by atoms with Crippen molar-refractivity contribution < 1.29 is 28.6 Å². The van der Waals surface area contributed by atoms with E-state index in [2.05, 4.69) is 69.4 Å². The van der Waals surface area contributed by atoms with Crippen molar-refractivity contribution >= 4 is 17.9 Å². The number of unbranched alkanes of at least 4 members (excludes halogenated alkanes) is 21. The van der Waals surface area contributed by atoms with Crippen LogP contribution in [0.2, 0.25) is 0 Å². The van der Waals surface area contributed by atoms with Crippen LogP contribution in [0.5, 0.6) is 0 Å².